The molecule has 0 unspecified atom stereocenters. The number of nitrogens with one attached hydrogen (secondary N) is 1. The van der Waals surface area contributed by atoms with Crippen molar-refractivity contribution in [3.05, 3.63) is 41.0 Å². The lowest BCUT2D eigenvalue weighted by Gasteiger charge is -2.29. The molecule has 3 amide bonds. The number of carbonyl (C=O) groups is 3. The van der Waals surface area contributed by atoms with Gasteiger partial charge in [0, 0.05) is 42.9 Å². The summed E-state index contributed by atoms with van der Waals surface area (Å²) in [6.07, 6.45) is 8.05. The quantitative estimate of drug-likeness (QED) is 0.525. The number of carboxylic acid groups (broad SMARTS) is 1. The first-order valence-electron chi connectivity index (χ1n) is 12.8. The first-order chi connectivity index (χ1) is 18.2. The minimum absolute atomic E-state index is 0.181. The Labute approximate surface area is 229 Å². The molecule has 0 bridgehead atoms. The normalized spacial score (nSPS) is 28.7. The third kappa shape index (κ3) is 4.79. The van der Waals surface area contributed by atoms with Gasteiger partial charge in [0.15, 0.2) is 0 Å². The predicted molar refractivity (Wildman–Crippen MR) is 143 cm³/mol. The Hall–Kier alpha value is -3.34. The lowest BCUT2D eigenvalue weighted by Crippen LogP contribution is -2.54. The Morgan fingerprint density at radius 1 is 1.24 bits per heavy atom. The van der Waals surface area contributed by atoms with Crippen LogP contribution in [0.2, 0.25) is 0 Å². The van der Waals surface area contributed by atoms with Gasteiger partial charge in [-0.05, 0) is 59.8 Å². The fourth-order valence-corrected chi connectivity index (χ4v) is 6.02. The fourth-order valence-electron chi connectivity index (χ4n) is 5.38. The number of ether oxygens (including phenoxy) is 2. The highest BCUT2D eigenvalue weighted by Gasteiger charge is 2.61. The number of aliphatic carboxylic acids is 1. The van der Waals surface area contributed by atoms with Crippen LogP contribution < -0.4 is 14.8 Å². The highest BCUT2D eigenvalue weighted by atomic mass is 79.9. The van der Waals surface area contributed by atoms with Gasteiger partial charge in [-0.3, -0.25) is 4.79 Å². The monoisotopic (exact) mass is 586 g/mol. The fraction of sp³-hybridized carbons (Fsp3) is 0.481. The van der Waals surface area contributed by atoms with Gasteiger partial charge >= 0.3 is 12.0 Å². The van der Waals surface area contributed by atoms with Crippen molar-refractivity contribution < 1.29 is 29.0 Å². The molecule has 1 aromatic heterocycles. The number of hydrogen-bond acceptors (Lipinski definition) is 6. The van der Waals surface area contributed by atoms with Crippen LogP contribution in [-0.4, -0.2) is 82.7 Å². The van der Waals surface area contributed by atoms with Gasteiger partial charge in [0.05, 0.1) is 18.1 Å². The molecule has 1 aliphatic carbocycles. The molecule has 2 fully saturated rings. The molecular weight excluding hydrogens is 556 g/mol. The summed E-state index contributed by atoms with van der Waals surface area (Å²) in [6.45, 7) is 0.742. The highest BCUT2D eigenvalue weighted by Crippen LogP contribution is 2.45. The van der Waals surface area contributed by atoms with Crippen LogP contribution in [0.5, 0.6) is 11.6 Å². The molecule has 2 aromatic rings. The van der Waals surface area contributed by atoms with Crippen LogP contribution in [0.15, 0.2) is 41.0 Å². The molecule has 2 N–H and O–H groups in total. The Kier molecular flexibility index (Phi) is 7.21. The SMILES string of the molecule is COc1ccc2c(O[C@@H]3C[C@H]4C(=O)N[C@]5(C(=O)O)C[C@@H]5/C=C\CCCCN(C)C(=O)N4C3)nccc2c1Br. The van der Waals surface area contributed by atoms with Crippen molar-refractivity contribution in [2.75, 3.05) is 27.2 Å². The van der Waals surface area contributed by atoms with Crippen LogP contribution >= 0.6 is 15.9 Å². The Morgan fingerprint density at radius 3 is 2.82 bits per heavy atom. The number of pyridine rings is 1. The van der Waals surface area contributed by atoms with Crippen LogP contribution in [-0.2, 0) is 9.59 Å². The standard InChI is InChI=1S/C27H31BrN4O6/c1-31-12-6-4-3-5-7-16-14-27(16,25(34)35)30-23(33)20-13-17(15-32(20)26(31)36)38-24-19-8-9-21(37-2)22(28)18(19)10-11-29-24/h5,7-11,16-17,20H,3-4,6,12-15H2,1-2H3,(H,30,33)(H,34,35)/b7-5-/t16-,17+,20-,27+/m0/s1. The van der Waals surface area contributed by atoms with Gasteiger partial charge in [0.1, 0.15) is 23.4 Å². The second-order valence-electron chi connectivity index (χ2n) is 10.1. The number of allylic oxidation sites excluding steroid dienone is 1. The average molecular weight is 587 g/mol. The summed E-state index contributed by atoms with van der Waals surface area (Å²) < 4.78 is 12.5. The second-order valence-corrected chi connectivity index (χ2v) is 10.9. The average Bonchev–Trinajstić information content (AvgIpc) is 3.43. The molecule has 3 heterocycles. The molecule has 1 saturated carbocycles. The molecule has 5 rings (SSSR count). The number of aromatic nitrogens is 1. The summed E-state index contributed by atoms with van der Waals surface area (Å²) in [7, 11) is 3.32. The number of amides is 3. The number of halogens is 1. The number of benzene rings is 1. The van der Waals surface area contributed by atoms with Gasteiger partial charge in [-0.1, -0.05) is 12.2 Å². The molecule has 1 saturated heterocycles. The second kappa shape index (κ2) is 10.4. The lowest BCUT2D eigenvalue weighted by atomic mass is 10.1. The van der Waals surface area contributed by atoms with E-state index in [0.29, 0.717) is 24.6 Å². The number of nitrogens with zero attached hydrogens (tertiary/aromatic N) is 3. The third-order valence-corrected chi connectivity index (χ3v) is 8.49. The van der Waals surface area contributed by atoms with E-state index < -0.39 is 29.6 Å². The number of rotatable bonds is 4. The van der Waals surface area contributed by atoms with E-state index in [0.717, 1.165) is 34.5 Å². The van der Waals surface area contributed by atoms with Crippen molar-refractivity contribution in [3.63, 3.8) is 0 Å². The van der Waals surface area contributed by atoms with Gasteiger partial charge in [-0.25, -0.2) is 14.6 Å². The van der Waals surface area contributed by atoms with Gasteiger partial charge < -0.3 is 29.7 Å². The van der Waals surface area contributed by atoms with Crippen LogP contribution in [0.3, 0.4) is 0 Å². The number of carbonyl (C=O) groups excluding carboxylic acids is 2. The molecule has 11 heteroatoms. The van der Waals surface area contributed by atoms with Crippen LogP contribution in [0, 0.1) is 5.92 Å². The molecule has 0 radical (unpaired) electrons. The molecule has 0 spiro atoms. The lowest BCUT2D eigenvalue weighted by molar-refractivity contribution is -0.144. The Morgan fingerprint density at radius 2 is 2.05 bits per heavy atom. The predicted octanol–water partition coefficient (Wildman–Crippen LogP) is 3.58. The summed E-state index contributed by atoms with van der Waals surface area (Å²) in [5, 5.41) is 14.3. The van der Waals surface area contributed by atoms with Crippen molar-refractivity contribution in [1.82, 2.24) is 20.1 Å². The summed E-state index contributed by atoms with van der Waals surface area (Å²) >= 11 is 3.57. The van der Waals surface area contributed by atoms with E-state index in [1.807, 2.05) is 30.4 Å². The van der Waals surface area contributed by atoms with E-state index in [1.54, 1.807) is 25.3 Å². The number of methoxy groups -OCH3 is 1. The number of fused-ring (bicyclic) bond motifs is 3. The van der Waals surface area contributed by atoms with Crippen molar-refractivity contribution in [3.8, 4) is 11.6 Å². The number of urea groups is 1. The maximum Gasteiger partial charge on any atom is 0.330 e. The molecular formula is C27H31BrN4O6. The van der Waals surface area contributed by atoms with E-state index in [-0.39, 0.29) is 24.9 Å². The molecule has 202 valence electrons. The van der Waals surface area contributed by atoms with Gasteiger partial charge in [0.2, 0.25) is 11.8 Å². The molecule has 38 heavy (non-hydrogen) atoms. The third-order valence-electron chi connectivity index (χ3n) is 7.67. The smallest absolute Gasteiger partial charge is 0.330 e. The zero-order valence-electron chi connectivity index (χ0n) is 21.4. The first-order valence-corrected chi connectivity index (χ1v) is 13.6. The van der Waals surface area contributed by atoms with Crippen molar-refractivity contribution in [1.29, 1.82) is 0 Å². The van der Waals surface area contributed by atoms with Gasteiger partial charge in [0.25, 0.3) is 0 Å². The molecule has 3 aliphatic rings. The van der Waals surface area contributed by atoms with Gasteiger partial charge in [-0.2, -0.15) is 0 Å². The number of hydrogen-bond donors (Lipinski definition) is 2. The van der Waals surface area contributed by atoms with E-state index in [2.05, 4.69) is 26.2 Å². The number of carboxylic acids is 1. The van der Waals surface area contributed by atoms with E-state index >= 15 is 0 Å². The van der Waals surface area contributed by atoms with Crippen LogP contribution in [0.25, 0.3) is 10.8 Å². The topological polar surface area (TPSA) is 121 Å². The summed E-state index contributed by atoms with van der Waals surface area (Å²) in [4.78, 5) is 46.6. The van der Waals surface area contributed by atoms with Crippen molar-refractivity contribution >= 4 is 44.6 Å². The Bertz CT molecular complexity index is 1300. The highest BCUT2D eigenvalue weighted by molar-refractivity contribution is 9.10. The summed E-state index contributed by atoms with van der Waals surface area (Å²) in [5.74, 6) is -0.738. The Balaban J connectivity index is 1.42. The molecule has 4 atom stereocenters. The largest absolute Gasteiger partial charge is 0.496 e. The summed E-state index contributed by atoms with van der Waals surface area (Å²) in [5.41, 5.74) is -1.33. The van der Waals surface area contributed by atoms with Crippen molar-refractivity contribution in [2.24, 2.45) is 5.92 Å². The van der Waals surface area contributed by atoms with Crippen molar-refractivity contribution in [2.45, 2.75) is 49.8 Å². The minimum Gasteiger partial charge on any atom is -0.496 e. The van der Waals surface area contributed by atoms with E-state index in [9.17, 15) is 19.5 Å². The van der Waals surface area contributed by atoms with E-state index in [4.69, 9.17) is 9.47 Å². The van der Waals surface area contributed by atoms with Gasteiger partial charge in [-0.15, -0.1) is 0 Å². The zero-order chi connectivity index (χ0) is 27.0. The maximum absolute atomic E-state index is 13.5. The molecule has 1 aromatic carbocycles. The molecule has 2 aliphatic heterocycles. The zero-order valence-corrected chi connectivity index (χ0v) is 22.9. The minimum atomic E-state index is -1.33. The maximum atomic E-state index is 13.5. The van der Waals surface area contributed by atoms with Crippen LogP contribution in [0.1, 0.15) is 32.1 Å². The first kappa shape index (κ1) is 26.3. The summed E-state index contributed by atoms with van der Waals surface area (Å²) in [6, 6.07) is 4.38. The van der Waals surface area contributed by atoms with Crippen LogP contribution in [0.4, 0.5) is 4.79 Å². The van der Waals surface area contributed by atoms with E-state index in [1.165, 1.54) is 4.90 Å². The molecule has 10 nitrogen and oxygen atoms in total.